The van der Waals surface area contributed by atoms with Crippen LogP contribution in [0.1, 0.15) is 51.8 Å². The highest BCUT2D eigenvalue weighted by molar-refractivity contribution is 5.93. The first-order valence-corrected chi connectivity index (χ1v) is 12.5. The normalized spacial score (nSPS) is 17.0. The van der Waals surface area contributed by atoms with Crippen LogP contribution in [-0.2, 0) is 9.53 Å². The number of carbonyl (C=O) groups is 2. The lowest BCUT2D eigenvalue weighted by Crippen LogP contribution is -2.43. The second-order valence-corrected chi connectivity index (χ2v) is 10.2. The summed E-state index contributed by atoms with van der Waals surface area (Å²) in [5.41, 5.74) is 2.91. The van der Waals surface area contributed by atoms with Gasteiger partial charge in [0.2, 0.25) is 11.9 Å². The molecule has 2 aromatic rings. The molecule has 0 aliphatic carbocycles. The van der Waals surface area contributed by atoms with Gasteiger partial charge in [-0.2, -0.15) is 5.26 Å². The molecule has 1 aromatic heterocycles. The predicted molar refractivity (Wildman–Crippen MR) is 142 cm³/mol. The number of allylic oxidation sites excluding steroid dienone is 1. The van der Waals surface area contributed by atoms with Crippen molar-refractivity contribution in [3.63, 3.8) is 0 Å². The fourth-order valence-corrected chi connectivity index (χ4v) is 4.49. The molecule has 0 bridgehead atoms. The van der Waals surface area contributed by atoms with Gasteiger partial charge in [-0.3, -0.25) is 10.1 Å². The number of benzene rings is 1. The molecule has 10 heteroatoms. The number of aryl methyl sites for hydroxylation is 1. The van der Waals surface area contributed by atoms with Gasteiger partial charge in [0.15, 0.2) is 0 Å². The van der Waals surface area contributed by atoms with E-state index in [4.69, 9.17) is 4.74 Å². The van der Waals surface area contributed by atoms with Crippen molar-refractivity contribution in [1.29, 1.82) is 5.26 Å². The van der Waals surface area contributed by atoms with Crippen molar-refractivity contribution in [1.82, 2.24) is 14.9 Å². The molecule has 2 N–H and O–H groups in total. The van der Waals surface area contributed by atoms with Crippen LogP contribution in [0.5, 0.6) is 0 Å². The molecule has 194 valence electrons. The molecule has 4 rings (SSSR count). The molecular formula is C27H33N7O3. The smallest absolute Gasteiger partial charge is 0.410 e. The first-order valence-electron chi connectivity index (χ1n) is 12.5. The monoisotopic (exact) mass is 503 g/mol. The van der Waals surface area contributed by atoms with Gasteiger partial charge in [0, 0.05) is 31.7 Å². The molecule has 37 heavy (non-hydrogen) atoms. The highest BCUT2D eigenvalue weighted by Crippen LogP contribution is 2.38. The Kier molecular flexibility index (Phi) is 7.34. The van der Waals surface area contributed by atoms with Crippen molar-refractivity contribution < 1.29 is 14.3 Å². The molecule has 2 aliphatic heterocycles. The van der Waals surface area contributed by atoms with Gasteiger partial charge in [0.1, 0.15) is 23.1 Å². The van der Waals surface area contributed by atoms with Crippen LogP contribution in [0.25, 0.3) is 5.57 Å². The maximum atomic E-state index is 13.0. The van der Waals surface area contributed by atoms with Gasteiger partial charge in [0.25, 0.3) is 0 Å². The lowest BCUT2D eigenvalue weighted by Gasteiger charge is -2.32. The Labute approximate surface area is 217 Å². The van der Waals surface area contributed by atoms with E-state index in [1.165, 1.54) is 0 Å². The molecular weight excluding hydrogens is 470 g/mol. The second-order valence-electron chi connectivity index (χ2n) is 10.2. The number of nitrogens with zero attached hydrogens (tertiary/aromatic N) is 5. The molecule has 0 atom stereocenters. The van der Waals surface area contributed by atoms with Crippen LogP contribution in [0.4, 0.5) is 22.1 Å². The molecule has 10 nitrogen and oxygen atoms in total. The third kappa shape index (κ3) is 5.66. The first-order chi connectivity index (χ1) is 17.6. The van der Waals surface area contributed by atoms with Crippen molar-refractivity contribution in [2.75, 3.05) is 35.2 Å². The minimum absolute atomic E-state index is 0.145. The fourth-order valence-electron chi connectivity index (χ4n) is 4.49. The zero-order valence-corrected chi connectivity index (χ0v) is 22.0. The number of hydrogen-bond acceptors (Lipinski definition) is 8. The summed E-state index contributed by atoms with van der Waals surface area (Å²) in [4.78, 5) is 37.8. The Morgan fingerprint density at radius 1 is 1.24 bits per heavy atom. The average Bonchev–Trinajstić information content (AvgIpc) is 3.23. The SMILES string of the molecule is CCN1C(=C(C#N)c2nc(NC(=O)C3CCN(C(=O)OC(C)(C)C)CC3)ncc2C)Nc2ccccc21. The number of ether oxygens (including phenoxy) is 1. The van der Waals surface area contributed by atoms with Crippen LogP contribution in [0.2, 0.25) is 0 Å². The van der Waals surface area contributed by atoms with Gasteiger partial charge in [-0.1, -0.05) is 12.1 Å². The van der Waals surface area contributed by atoms with Gasteiger partial charge in [-0.15, -0.1) is 0 Å². The molecule has 1 saturated heterocycles. The number of anilines is 3. The lowest BCUT2D eigenvalue weighted by molar-refractivity contribution is -0.121. The van der Waals surface area contributed by atoms with E-state index in [-0.39, 0.29) is 23.9 Å². The summed E-state index contributed by atoms with van der Waals surface area (Å²) >= 11 is 0. The highest BCUT2D eigenvalue weighted by atomic mass is 16.6. The zero-order valence-electron chi connectivity index (χ0n) is 22.0. The quantitative estimate of drug-likeness (QED) is 0.584. The summed E-state index contributed by atoms with van der Waals surface area (Å²) in [5, 5.41) is 16.3. The number of nitriles is 1. The fraction of sp³-hybridized carbons (Fsp3) is 0.444. The highest BCUT2D eigenvalue weighted by Gasteiger charge is 2.31. The topological polar surface area (TPSA) is 123 Å². The van der Waals surface area contributed by atoms with Crippen molar-refractivity contribution in [2.24, 2.45) is 5.92 Å². The van der Waals surface area contributed by atoms with E-state index in [1.807, 2.05) is 63.8 Å². The molecule has 2 amide bonds. The molecule has 0 unspecified atom stereocenters. The summed E-state index contributed by atoms with van der Waals surface area (Å²) in [6.45, 7) is 10.9. The molecule has 2 aliphatic rings. The van der Waals surface area contributed by atoms with Crippen LogP contribution in [-0.4, -0.2) is 52.1 Å². The van der Waals surface area contributed by atoms with Gasteiger partial charge < -0.3 is 19.9 Å². The summed E-state index contributed by atoms with van der Waals surface area (Å²) in [6.07, 6.45) is 2.29. The first kappa shape index (κ1) is 25.9. The number of nitrogens with one attached hydrogen (secondary N) is 2. The molecule has 0 spiro atoms. The van der Waals surface area contributed by atoms with E-state index in [0.717, 1.165) is 16.9 Å². The Morgan fingerprint density at radius 3 is 2.59 bits per heavy atom. The van der Waals surface area contributed by atoms with Gasteiger partial charge >= 0.3 is 6.09 Å². The standard InChI is InChI=1S/C27H33N7O3/c1-6-34-21-10-8-7-9-20(21)30-23(34)19(15-28)22-17(2)16-29-25(31-22)32-24(35)18-11-13-33(14-12-18)26(36)37-27(3,4)5/h7-10,16,18,30H,6,11-14H2,1-5H3,(H,29,31,32,35). The van der Waals surface area contributed by atoms with Crippen LogP contribution in [0.15, 0.2) is 36.3 Å². The number of aromatic nitrogens is 2. The maximum absolute atomic E-state index is 13.0. The summed E-state index contributed by atoms with van der Waals surface area (Å²) in [7, 11) is 0. The molecule has 1 aromatic carbocycles. The average molecular weight is 504 g/mol. The number of fused-ring (bicyclic) bond motifs is 1. The third-order valence-corrected chi connectivity index (χ3v) is 6.34. The van der Waals surface area contributed by atoms with E-state index >= 15 is 0 Å². The van der Waals surface area contributed by atoms with Crippen molar-refractivity contribution in [2.45, 2.75) is 53.1 Å². The second kappa shape index (κ2) is 10.5. The number of piperidine rings is 1. The molecule has 3 heterocycles. The van der Waals surface area contributed by atoms with Gasteiger partial charge in [0.05, 0.1) is 17.1 Å². The van der Waals surface area contributed by atoms with Crippen molar-refractivity contribution >= 4 is 34.9 Å². The van der Waals surface area contributed by atoms with Crippen LogP contribution in [0, 0.1) is 24.2 Å². The minimum Gasteiger partial charge on any atom is -0.444 e. The number of likely N-dealkylation sites (tertiary alicyclic amines) is 1. The summed E-state index contributed by atoms with van der Waals surface area (Å²) in [6, 6.07) is 10.2. The van der Waals surface area contributed by atoms with Crippen LogP contribution < -0.4 is 15.5 Å². The molecule has 0 saturated carbocycles. The molecule has 0 radical (unpaired) electrons. The minimum atomic E-state index is -0.561. The van der Waals surface area contributed by atoms with E-state index in [9.17, 15) is 14.9 Å². The Bertz CT molecular complexity index is 1270. The Balaban J connectivity index is 1.49. The molecule has 1 fully saturated rings. The van der Waals surface area contributed by atoms with Crippen molar-refractivity contribution in [3.8, 4) is 6.07 Å². The van der Waals surface area contributed by atoms with E-state index in [0.29, 0.717) is 49.6 Å². The van der Waals surface area contributed by atoms with Crippen LogP contribution in [0.3, 0.4) is 0 Å². The number of amides is 2. The predicted octanol–water partition coefficient (Wildman–Crippen LogP) is 4.51. The summed E-state index contributed by atoms with van der Waals surface area (Å²) < 4.78 is 5.43. The number of para-hydroxylation sites is 2. The lowest BCUT2D eigenvalue weighted by atomic mass is 9.96. The van der Waals surface area contributed by atoms with E-state index < -0.39 is 5.60 Å². The van der Waals surface area contributed by atoms with Crippen LogP contribution >= 0.6 is 0 Å². The van der Waals surface area contributed by atoms with Gasteiger partial charge in [-0.25, -0.2) is 14.8 Å². The van der Waals surface area contributed by atoms with E-state index in [2.05, 4.69) is 26.7 Å². The Hall–Kier alpha value is -4.13. The largest absolute Gasteiger partial charge is 0.444 e. The third-order valence-electron chi connectivity index (χ3n) is 6.34. The number of hydrogen-bond donors (Lipinski definition) is 2. The number of rotatable bonds is 4. The zero-order chi connectivity index (χ0) is 26.7. The number of carbonyl (C=O) groups excluding carboxylic acids is 2. The van der Waals surface area contributed by atoms with Gasteiger partial charge in [-0.05, 0) is 65.2 Å². The summed E-state index contributed by atoms with van der Waals surface area (Å²) in [5.74, 6) is 0.320. The maximum Gasteiger partial charge on any atom is 0.410 e. The Morgan fingerprint density at radius 2 is 1.95 bits per heavy atom. The van der Waals surface area contributed by atoms with E-state index in [1.54, 1.807) is 11.1 Å². The van der Waals surface area contributed by atoms with Crippen molar-refractivity contribution in [3.05, 3.63) is 47.5 Å².